The molecule has 0 spiro atoms. The minimum Gasteiger partial charge on any atom is -0.495 e. The largest absolute Gasteiger partial charge is 0.495 e. The first-order chi connectivity index (χ1) is 16.2. The summed E-state index contributed by atoms with van der Waals surface area (Å²) in [4.78, 5) is 26.9. The fraction of sp³-hybridized carbons (Fsp3) is 0.440. The van der Waals surface area contributed by atoms with E-state index in [1.165, 1.54) is 24.3 Å². The highest BCUT2D eigenvalue weighted by atomic mass is 32.2. The molecule has 2 amide bonds. The van der Waals surface area contributed by atoms with Crippen molar-refractivity contribution in [3.8, 4) is 5.75 Å². The Morgan fingerprint density at radius 2 is 1.74 bits per heavy atom. The van der Waals surface area contributed by atoms with Crippen LogP contribution >= 0.6 is 0 Å². The van der Waals surface area contributed by atoms with Crippen LogP contribution in [0.4, 0.5) is 11.4 Å². The van der Waals surface area contributed by atoms with Crippen molar-refractivity contribution in [2.24, 2.45) is 11.8 Å². The SMILES string of the molecule is COc1ccc(NC(=O)c2ccc(S(=O)(=O)N3CC(C)CC(C)C3)cc2)cc1N1CCCC1=O. The van der Waals surface area contributed by atoms with E-state index in [0.717, 1.165) is 12.8 Å². The number of hydrogen-bond acceptors (Lipinski definition) is 5. The molecule has 0 bridgehead atoms. The van der Waals surface area contributed by atoms with Gasteiger partial charge in [-0.2, -0.15) is 4.31 Å². The minimum absolute atomic E-state index is 0.0241. The molecule has 2 aromatic rings. The number of sulfonamides is 1. The Balaban J connectivity index is 1.50. The summed E-state index contributed by atoms with van der Waals surface area (Å²) in [7, 11) is -2.07. The second-order valence-electron chi connectivity index (χ2n) is 9.28. The van der Waals surface area contributed by atoms with Crippen LogP contribution in [0.25, 0.3) is 0 Å². The number of carbonyl (C=O) groups excluding carboxylic acids is 2. The van der Waals surface area contributed by atoms with E-state index >= 15 is 0 Å². The van der Waals surface area contributed by atoms with Crippen LogP contribution in [-0.2, 0) is 14.8 Å². The Morgan fingerprint density at radius 1 is 1.06 bits per heavy atom. The maximum absolute atomic E-state index is 13.1. The van der Waals surface area contributed by atoms with Crippen molar-refractivity contribution in [2.45, 2.75) is 38.0 Å². The number of benzene rings is 2. The van der Waals surface area contributed by atoms with E-state index in [1.807, 2.05) is 0 Å². The molecule has 2 heterocycles. The molecule has 2 aromatic carbocycles. The van der Waals surface area contributed by atoms with Crippen LogP contribution in [0, 0.1) is 11.8 Å². The highest BCUT2D eigenvalue weighted by Gasteiger charge is 2.31. The smallest absolute Gasteiger partial charge is 0.255 e. The molecular formula is C25H31N3O5S. The number of hydrogen-bond donors (Lipinski definition) is 1. The normalized spacial score (nSPS) is 21.5. The Bertz CT molecular complexity index is 1170. The Hall–Kier alpha value is -2.91. The van der Waals surface area contributed by atoms with Gasteiger partial charge in [-0.1, -0.05) is 13.8 Å². The Kier molecular flexibility index (Phi) is 6.95. The quantitative estimate of drug-likeness (QED) is 0.672. The Morgan fingerprint density at radius 3 is 2.32 bits per heavy atom. The lowest BCUT2D eigenvalue weighted by Crippen LogP contribution is -2.42. The summed E-state index contributed by atoms with van der Waals surface area (Å²) in [5.74, 6) is 0.843. The number of nitrogens with one attached hydrogen (secondary N) is 1. The molecule has 182 valence electrons. The molecule has 8 nitrogen and oxygen atoms in total. The number of methoxy groups -OCH3 is 1. The van der Waals surface area contributed by atoms with E-state index < -0.39 is 10.0 Å². The summed E-state index contributed by atoms with van der Waals surface area (Å²) in [6.07, 6.45) is 2.29. The monoisotopic (exact) mass is 485 g/mol. The van der Waals surface area contributed by atoms with E-state index in [4.69, 9.17) is 4.74 Å². The van der Waals surface area contributed by atoms with Gasteiger partial charge in [-0.25, -0.2) is 8.42 Å². The maximum Gasteiger partial charge on any atom is 0.255 e. The molecule has 2 unspecified atom stereocenters. The predicted octanol–water partition coefficient (Wildman–Crippen LogP) is 3.74. The third-order valence-electron chi connectivity index (χ3n) is 6.39. The number of piperidine rings is 1. The summed E-state index contributed by atoms with van der Waals surface area (Å²) < 4.78 is 33.1. The van der Waals surface area contributed by atoms with Crippen LogP contribution < -0.4 is 15.0 Å². The van der Waals surface area contributed by atoms with E-state index in [1.54, 1.807) is 34.5 Å². The topological polar surface area (TPSA) is 96.0 Å². The summed E-state index contributed by atoms with van der Waals surface area (Å²) >= 11 is 0. The van der Waals surface area contributed by atoms with Gasteiger partial charge in [0, 0.05) is 37.3 Å². The molecule has 0 aromatic heterocycles. The van der Waals surface area contributed by atoms with Crippen LogP contribution in [0.2, 0.25) is 0 Å². The van der Waals surface area contributed by atoms with Gasteiger partial charge >= 0.3 is 0 Å². The molecule has 2 fully saturated rings. The highest BCUT2D eigenvalue weighted by Crippen LogP contribution is 2.34. The van der Waals surface area contributed by atoms with Crippen LogP contribution in [0.5, 0.6) is 5.75 Å². The summed E-state index contributed by atoms with van der Waals surface area (Å²) in [5, 5.41) is 2.83. The van der Waals surface area contributed by atoms with Crippen molar-refractivity contribution in [3.05, 3.63) is 48.0 Å². The molecule has 2 atom stereocenters. The fourth-order valence-corrected chi connectivity index (χ4v) is 6.49. The summed E-state index contributed by atoms with van der Waals surface area (Å²) in [6.45, 7) is 5.76. The van der Waals surface area contributed by atoms with Gasteiger partial charge < -0.3 is 15.0 Å². The second-order valence-corrected chi connectivity index (χ2v) is 11.2. The van der Waals surface area contributed by atoms with E-state index in [2.05, 4.69) is 19.2 Å². The van der Waals surface area contributed by atoms with Crippen molar-refractivity contribution in [3.63, 3.8) is 0 Å². The summed E-state index contributed by atoms with van der Waals surface area (Å²) in [5.41, 5.74) is 1.48. The first-order valence-corrected chi connectivity index (χ1v) is 13.0. The van der Waals surface area contributed by atoms with Gasteiger partial charge in [-0.05, 0) is 67.1 Å². The number of amides is 2. The molecule has 4 rings (SSSR count). The molecule has 9 heteroatoms. The van der Waals surface area contributed by atoms with Crippen molar-refractivity contribution in [2.75, 3.05) is 37.0 Å². The van der Waals surface area contributed by atoms with Gasteiger partial charge in [0.2, 0.25) is 15.9 Å². The number of rotatable bonds is 6. The third kappa shape index (κ3) is 4.95. The number of carbonyl (C=O) groups is 2. The molecular weight excluding hydrogens is 454 g/mol. The zero-order valence-electron chi connectivity index (χ0n) is 19.8. The molecule has 0 radical (unpaired) electrons. The number of anilines is 2. The average Bonchev–Trinajstić information content (AvgIpc) is 3.24. The molecule has 34 heavy (non-hydrogen) atoms. The minimum atomic E-state index is -3.61. The molecule has 2 saturated heterocycles. The molecule has 1 N–H and O–H groups in total. The molecule has 0 aliphatic carbocycles. The van der Waals surface area contributed by atoms with Gasteiger partial charge in [0.1, 0.15) is 5.75 Å². The van der Waals surface area contributed by atoms with Gasteiger partial charge in [0.15, 0.2) is 0 Å². The van der Waals surface area contributed by atoms with Crippen molar-refractivity contribution >= 4 is 33.2 Å². The predicted molar refractivity (Wildman–Crippen MR) is 131 cm³/mol. The lowest BCUT2D eigenvalue weighted by Gasteiger charge is -2.34. The molecule has 2 aliphatic heterocycles. The van der Waals surface area contributed by atoms with Crippen LogP contribution in [0.15, 0.2) is 47.4 Å². The van der Waals surface area contributed by atoms with Crippen LogP contribution in [-0.4, -0.2) is 51.3 Å². The van der Waals surface area contributed by atoms with E-state index in [0.29, 0.717) is 60.6 Å². The zero-order chi connectivity index (χ0) is 24.5. The summed E-state index contributed by atoms with van der Waals surface area (Å²) in [6, 6.07) is 11.1. The molecule has 0 saturated carbocycles. The van der Waals surface area contributed by atoms with Crippen molar-refractivity contribution in [1.82, 2.24) is 4.31 Å². The van der Waals surface area contributed by atoms with Crippen LogP contribution in [0.3, 0.4) is 0 Å². The van der Waals surface area contributed by atoms with Gasteiger partial charge in [-0.15, -0.1) is 0 Å². The first kappa shape index (κ1) is 24.2. The van der Waals surface area contributed by atoms with E-state index in [9.17, 15) is 18.0 Å². The first-order valence-electron chi connectivity index (χ1n) is 11.6. The second kappa shape index (κ2) is 9.76. The van der Waals surface area contributed by atoms with Gasteiger partial charge in [0.05, 0.1) is 17.7 Å². The lowest BCUT2D eigenvalue weighted by molar-refractivity contribution is -0.117. The fourth-order valence-electron chi connectivity index (χ4n) is 4.81. The number of ether oxygens (including phenoxy) is 1. The molecule has 2 aliphatic rings. The van der Waals surface area contributed by atoms with Gasteiger partial charge in [-0.3, -0.25) is 9.59 Å². The lowest BCUT2D eigenvalue weighted by atomic mass is 9.94. The zero-order valence-corrected chi connectivity index (χ0v) is 20.6. The van der Waals surface area contributed by atoms with E-state index in [-0.39, 0.29) is 16.7 Å². The Labute approximate surface area is 200 Å². The maximum atomic E-state index is 13.1. The average molecular weight is 486 g/mol. The third-order valence-corrected chi connectivity index (χ3v) is 8.24. The van der Waals surface area contributed by atoms with Crippen molar-refractivity contribution < 1.29 is 22.7 Å². The number of nitrogens with zero attached hydrogens (tertiary/aromatic N) is 2. The van der Waals surface area contributed by atoms with Gasteiger partial charge in [0.25, 0.3) is 5.91 Å². The van der Waals surface area contributed by atoms with Crippen LogP contribution in [0.1, 0.15) is 43.5 Å². The standard InChI is InChI=1S/C25H31N3O5S/c1-17-13-18(2)16-27(15-17)34(31,32)21-9-6-19(7-10-21)25(30)26-20-8-11-23(33-3)22(14-20)28-12-4-5-24(28)29/h6-11,14,17-18H,4-5,12-13,15-16H2,1-3H3,(H,26,30). The highest BCUT2D eigenvalue weighted by molar-refractivity contribution is 7.89. The van der Waals surface area contributed by atoms with Crippen molar-refractivity contribution in [1.29, 1.82) is 0 Å².